The normalized spacial score (nSPS) is 11.3. The first-order valence-corrected chi connectivity index (χ1v) is 10.4. The summed E-state index contributed by atoms with van der Waals surface area (Å²) in [6.07, 6.45) is 2.68. The molecular weight excluding hydrogens is 364 g/mol. The van der Waals surface area contributed by atoms with Crippen LogP contribution in [-0.4, -0.2) is 26.2 Å². The average Bonchev–Trinajstić information content (AvgIpc) is 3.16. The van der Waals surface area contributed by atoms with Crippen molar-refractivity contribution < 1.29 is 0 Å². The van der Waals surface area contributed by atoms with E-state index < -0.39 is 0 Å². The van der Waals surface area contributed by atoms with Gasteiger partial charge in [0.05, 0.1) is 39.9 Å². The van der Waals surface area contributed by atoms with E-state index in [1.165, 1.54) is 4.90 Å². The minimum Gasteiger partial charge on any atom is -0.342 e. The molecule has 4 nitrogen and oxygen atoms in total. The Labute approximate surface area is 167 Å². The number of hydrogen-bond donors (Lipinski definition) is 1. The van der Waals surface area contributed by atoms with Gasteiger partial charge in [0.25, 0.3) is 0 Å². The predicted molar refractivity (Wildman–Crippen MR) is 116 cm³/mol. The Morgan fingerprint density at radius 2 is 1.43 bits per heavy atom. The fraction of sp³-hybridized carbons (Fsp3) is 0.0870. The highest BCUT2D eigenvalue weighted by atomic mass is 32.2. The molecule has 5 heteroatoms. The van der Waals surface area contributed by atoms with E-state index in [0.29, 0.717) is 6.42 Å². The maximum Gasteiger partial charge on any atom is 0.113 e. The van der Waals surface area contributed by atoms with Gasteiger partial charge in [-0.3, -0.25) is 0 Å². The maximum atomic E-state index is 4.94. The topological polar surface area (TPSA) is 54.5 Å². The van der Waals surface area contributed by atoms with Gasteiger partial charge in [-0.1, -0.05) is 36.4 Å². The molecule has 0 aliphatic heterocycles. The maximum absolute atomic E-state index is 4.94. The van der Waals surface area contributed by atoms with Crippen molar-refractivity contribution in [2.75, 3.05) is 6.26 Å². The standard InChI is InChI=1S/C23H18N4S/c1-28-16-12-10-15(11-13-16)23-21(24-17-6-2-5-9-20(17)27-23)14-22-25-18-7-3-4-8-19(18)26-22/h2-13H,14H2,1H3,(H,25,26). The van der Waals surface area contributed by atoms with E-state index in [0.717, 1.165) is 44.8 Å². The Kier molecular flexibility index (Phi) is 4.29. The number of para-hydroxylation sites is 4. The van der Waals surface area contributed by atoms with Crippen molar-refractivity contribution in [3.8, 4) is 11.3 Å². The van der Waals surface area contributed by atoms with Gasteiger partial charge in [0.1, 0.15) is 5.82 Å². The number of fused-ring (bicyclic) bond motifs is 2. The Balaban J connectivity index is 1.64. The molecule has 136 valence electrons. The molecular formula is C23H18N4S. The zero-order valence-electron chi connectivity index (χ0n) is 15.4. The summed E-state index contributed by atoms with van der Waals surface area (Å²) in [5.41, 5.74) is 6.72. The second-order valence-corrected chi connectivity index (χ2v) is 7.49. The number of H-pyrrole nitrogens is 1. The lowest BCUT2D eigenvalue weighted by molar-refractivity contribution is 0.986. The van der Waals surface area contributed by atoms with E-state index in [-0.39, 0.29) is 0 Å². The zero-order valence-corrected chi connectivity index (χ0v) is 16.2. The van der Waals surface area contributed by atoms with E-state index >= 15 is 0 Å². The molecule has 0 unspecified atom stereocenters. The van der Waals surface area contributed by atoms with Crippen molar-refractivity contribution in [2.24, 2.45) is 0 Å². The number of rotatable bonds is 4. The highest BCUT2D eigenvalue weighted by Crippen LogP contribution is 2.27. The van der Waals surface area contributed by atoms with Gasteiger partial charge in [0.2, 0.25) is 0 Å². The van der Waals surface area contributed by atoms with Crippen molar-refractivity contribution in [1.82, 2.24) is 19.9 Å². The van der Waals surface area contributed by atoms with Crippen molar-refractivity contribution in [1.29, 1.82) is 0 Å². The lowest BCUT2D eigenvalue weighted by Crippen LogP contribution is -2.01. The SMILES string of the molecule is CSc1ccc(-c2nc3ccccc3nc2Cc2nc3ccccc3[nH]2)cc1. The van der Waals surface area contributed by atoms with E-state index in [1.807, 2.05) is 48.5 Å². The molecule has 0 radical (unpaired) electrons. The lowest BCUT2D eigenvalue weighted by Gasteiger charge is -2.10. The van der Waals surface area contributed by atoms with Gasteiger partial charge in [-0.2, -0.15) is 0 Å². The number of hydrogen-bond acceptors (Lipinski definition) is 4. The van der Waals surface area contributed by atoms with Crippen LogP contribution < -0.4 is 0 Å². The summed E-state index contributed by atoms with van der Waals surface area (Å²) in [7, 11) is 0. The largest absolute Gasteiger partial charge is 0.342 e. The Morgan fingerprint density at radius 3 is 2.14 bits per heavy atom. The molecule has 0 atom stereocenters. The van der Waals surface area contributed by atoms with Gasteiger partial charge < -0.3 is 4.98 Å². The minimum absolute atomic E-state index is 0.603. The van der Waals surface area contributed by atoms with Crippen molar-refractivity contribution in [3.05, 3.63) is 84.3 Å². The van der Waals surface area contributed by atoms with Gasteiger partial charge in [-0.15, -0.1) is 11.8 Å². The van der Waals surface area contributed by atoms with Crippen LogP contribution in [0.5, 0.6) is 0 Å². The summed E-state index contributed by atoms with van der Waals surface area (Å²) in [6.45, 7) is 0. The number of benzene rings is 3. The minimum atomic E-state index is 0.603. The molecule has 0 saturated carbocycles. The molecule has 3 aromatic carbocycles. The highest BCUT2D eigenvalue weighted by Gasteiger charge is 2.14. The quantitative estimate of drug-likeness (QED) is 0.418. The van der Waals surface area contributed by atoms with Crippen LogP contribution in [0.15, 0.2) is 77.7 Å². The molecule has 2 heterocycles. The second kappa shape index (κ2) is 7.09. The van der Waals surface area contributed by atoms with Gasteiger partial charge in [-0.05, 0) is 42.7 Å². The van der Waals surface area contributed by atoms with Gasteiger partial charge in [-0.25, -0.2) is 15.0 Å². The molecule has 0 amide bonds. The van der Waals surface area contributed by atoms with Crippen molar-refractivity contribution in [3.63, 3.8) is 0 Å². The molecule has 5 aromatic rings. The molecule has 0 bridgehead atoms. The predicted octanol–water partition coefficient (Wildman–Crippen LogP) is 5.49. The van der Waals surface area contributed by atoms with Crippen molar-refractivity contribution >= 4 is 33.8 Å². The van der Waals surface area contributed by atoms with Crippen molar-refractivity contribution in [2.45, 2.75) is 11.3 Å². The summed E-state index contributed by atoms with van der Waals surface area (Å²) in [5, 5.41) is 0. The molecule has 1 N–H and O–H groups in total. The van der Waals surface area contributed by atoms with Crippen LogP contribution in [0.2, 0.25) is 0 Å². The number of aromatic nitrogens is 4. The smallest absolute Gasteiger partial charge is 0.113 e. The monoisotopic (exact) mass is 382 g/mol. The fourth-order valence-corrected chi connectivity index (χ4v) is 3.80. The Bertz CT molecular complexity index is 1240. The number of nitrogens with zero attached hydrogens (tertiary/aromatic N) is 3. The van der Waals surface area contributed by atoms with Gasteiger partial charge >= 0.3 is 0 Å². The second-order valence-electron chi connectivity index (χ2n) is 6.61. The third-order valence-corrected chi connectivity index (χ3v) is 5.52. The van der Waals surface area contributed by atoms with E-state index in [1.54, 1.807) is 11.8 Å². The molecule has 0 aliphatic rings. The first-order valence-electron chi connectivity index (χ1n) is 9.14. The number of aromatic amines is 1. The number of nitrogens with one attached hydrogen (secondary N) is 1. The summed E-state index contributed by atoms with van der Waals surface area (Å²) in [6, 6.07) is 24.6. The molecule has 5 rings (SSSR count). The van der Waals surface area contributed by atoms with E-state index in [2.05, 4.69) is 35.5 Å². The van der Waals surface area contributed by atoms with Gasteiger partial charge in [0.15, 0.2) is 0 Å². The molecule has 0 aliphatic carbocycles. The fourth-order valence-electron chi connectivity index (χ4n) is 3.39. The van der Waals surface area contributed by atoms with E-state index in [4.69, 9.17) is 15.0 Å². The molecule has 0 saturated heterocycles. The Morgan fingerprint density at radius 1 is 0.750 bits per heavy atom. The first-order chi connectivity index (χ1) is 13.8. The van der Waals surface area contributed by atoms with Gasteiger partial charge in [0, 0.05) is 10.5 Å². The van der Waals surface area contributed by atoms with Crippen LogP contribution in [0.1, 0.15) is 11.5 Å². The van der Waals surface area contributed by atoms with Crippen LogP contribution in [-0.2, 0) is 6.42 Å². The zero-order chi connectivity index (χ0) is 18.9. The van der Waals surface area contributed by atoms with Crippen LogP contribution in [0.4, 0.5) is 0 Å². The van der Waals surface area contributed by atoms with Crippen LogP contribution in [0, 0.1) is 0 Å². The Hall–Kier alpha value is -3.18. The first kappa shape index (κ1) is 17.0. The molecule has 2 aromatic heterocycles. The highest BCUT2D eigenvalue weighted by molar-refractivity contribution is 7.98. The lowest BCUT2D eigenvalue weighted by atomic mass is 10.1. The van der Waals surface area contributed by atoms with Crippen LogP contribution in [0.3, 0.4) is 0 Å². The number of imidazole rings is 1. The summed E-state index contributed by atoms with van der Waals surface area (Å²) in [4.78, 5) is 19.2. The number of thioether (sulfide) groups is 1. The molecule has 0 spiro atoms. The van der Waals surface area contributed by atoms with Crippen LogP contribution >= 0.6 is 11.8 Å². The molecule has 28 heavy (non-hydrogen) atoms. The molecule has 0 fully saturated rings. The van der Waals surface area contributed by atoms with E-state index in [9.17, 15) is 0 Å². The third-order valence-electron chi connectivity index (χ3n) is 4.78. The van der Waals surface area contributed by atoms with Crippen LogP contribution in [0.25, 0.3) is 33.3 Å². The third kappa shape index (κ3) is 3.14. The summed E-state index contributed by atoms with van der Waals surface area (Å²) < 4.78 is 0. The average molecular weight is 382 g/mol. The summed E-state index contributed by atoms with van der Waals surface area (Å²) >= 11 is 1.73. The summed E-state index contributed by atoms with van der Waals surface area (Å²) in [5.74, 6) is 0.896.